The molecular weight excluding hydrogens is 482 g/mol. The third-order valence-corrected chi connectivity index (χ3v) is 5.32. The van der Waals surface area contributed by atoms with Crippen LogP contribution in [0.2, 0.25) is 0 Å². The standard InChI is InChI=1S/C25H29N5O7/c1-30(2,3)14-21(32)28-26-12-16-4-10-19(11-5-16)37-15-22(33)27-20-13-29(24(20)34)23(25(35)36)17-6-8-18(31)9-7-17/h4-12,20,23H,13-15H2,1-3H3,(H3-,27,28,31,32,33,35,36)/p+1/b26-12-. The van der Waals surface area contributed by atoms with Gasteiger partial charge in [-0.1, -0.05) is 12.1 Å². The van der Waals surface area contributed by atoms with E-state index in [9.17, 15) is 29.4 Å². The summed E-state index contributed by atoms with van der Waals surface area (Å²) in [5, 5.41) is 25.4. The molecule has 0 bridgehead atoms. The number of hydrogen-bond donors (Lipinski definition) is 4. The van der Waals surface area contributed by atoms with Crippen molar-refractivity contribution in [3.05, 3.63) is 59.7 Å². The summed E-state index contributed by atoms with van der Waals surface area (Å²) in [7, 11) is 5.69. The van der Waals surface area contributed by atoms with E-state index in [0.29, 0.717) is 21.4 Å². The van der Waals surface area contributed by atoms with Crippen molar-refractivity contribution in [1.82, 2.24) is 15.6 Å². The number of carbonyl (C=O) groups is 4. The van der Waals surface area contributed by atoms with Gasteiger partial charge in [0, 0.05) is 0 Å². The van der Waals surface area contributed by atoms with Crippen LogP contribution in [0.4, 0.5) is 0 Å². The zero-order valence-corrected chi connectivity index (χ0v) is 20.7. The third-order valence-electron chi connectivity index (χ3n) is 5.32. The highest BCUT2D eigenvalue weighted by Crippen LogP contribution is 2.28. The van der Waals surface area contributed by atoms with E-state index >= 15 is 0 Å². The first-order chi connectivity index (χ1) is 17.4. The number of hydrazone groups is 1. The summed E-state index contributed by atoms with van der Waals surface area (Å²) in [6.07, 6.45) is 1.49. The maximum Gasteiger partial charge on any atom is 0.331 e. The van der Waals surface area contributed by atoms with Gasteiger partial charge in [-0.2, -0.15) is 5.10 Å². The number of aliphatic carboxylic acids is 1. The number of β-lactam (4-membered cyclic amide) rings is 1. The molecule has 2 atom stereocenters. The van der Waals surface area contributed by atoms with E-state index in [-0.39, 0.29) is 31.4 Å². The average molecular weight is 513 g/mol. The van der Waals surface area contributed by atoms with Gasteiger partial charge in [0.25, 0.3) is 11.8 Å². The Hall–Kier alpha value is -4.45. The molecule has 12 nitrogen and oxygen atoms in total. The number of ether oxygens (including phenoxy) is 1. The Balaban J connectivity index is 1.44. The number of hydrogen-bond acceptors (Lipinski definition) is 7. The van der Waals surface area contributed by atoms with Crippen LogP contribution in [0.1, 0.15) is 17.2 Å². The molecule has 0 aliphatic carbocycles. The van der Waals surface area contributed by atoms with E-state index < -0.39 is 29.9 Å². The van der Waals surface area contributed by atoms with Crippen molar-refractivity contribution >= 4 is 29.9 Å². The molecule has 1 aliphatic heterocycles. The Kier molecular flexibility index (Phi) is 8.45. The van der Waals surface area contributed by atoms with Crippen LogP contribution in [0.15, 0.2) is 53.6 Å². The highest BCUT2D eigenvalue weighted by atomic mass is 16.5. The predicted molar refractivity (Wildman–Crippen MR) is 133 cm³/mol. The Labute approximate surface area is 213 Å². The molecule has 2 aromatic rings. The molecule has 0 radical (unpaired) electrons. The van der Waals surface area contributed by atoms with Gasteiger partial charge >= 0.3 is 5.97 Å². The molecule has 12 heteroatoms. The second kappa shape index (κ2) is 11.5. The van der Waals surface area contributed by atoms with Crippen LogP contribution in [0.3, 0.4) is 0 Å². The van der Waals surface area contributed by atoms with Crippen LogP contribution >= 0.6 is 0 Å². The van der Waals surface area contributed by atoms with Gasteiger partial charge in [-0.3, -0.25) is 14.4 Å². The number of nitrogens with zero attached hydrogens (tertiary/aromatic N) is 3. The molecule has 1 fully saturated rings. The van der Waals surface area contributed by atoms with E-state index in [0.717, 1.165) is 4.90 Å². The van der Waals surface area contributed by atoms with Crippen LogP contribution in [0.25, 0.3) is 0 Å². The van der Waals surface area contributed by atoms with Crippen LogP contribution in [-0.4, -0.2) is 96.4 Å². The molecule has 0 spiro atoms. The van der Waals surface area contributed by atoms with Gasteiger partial charge in [0.05, 0.1) is 33.9 Å². The fourth-order valence-electron chi connectivity index (χ4n) is 3.58. The van der Waals surface area contributed by atoms with Crippen molar-refractivity contribution in [2.75, 3.05) is 40.8 Å². The number of quaternary nitrogens is 1. The molecule has 2 aromatic carbocycles. The number of carboxylic acids is 1. The minimum atomic E-state index is -1.22. The van der Waals surface area contributed by atoms with E-state index in [4.69, 9.17) is 4.74 Å². The number of likely N-dealkylation sites (N-methyl/N-ethyl adjacent to an activating group) is 1. The monoisotopic (exact) mass is 512 g/mol. The second-order valence-electron chi connectivity index (χ2n) is 9.54. The van der Waals surface area contributed by atoms with Crippen molar-refractivity contribution in [3.8, 4) is 11.5 Å². The first-order valence-corrected chi connectivity index (χ1v) is 11.4. The normalized spacial score (nSPS) is 16.1. The van der Waals surface area contributed by atoms with Crippen LogP contribution in [0.5, 0.6) is 11.5 Å². The molecule has 3 amide bonds. The average Bonchev–Trinajstić information content (AvgIpc) is 2.82. The Morgan fingerprint density at radius 1 is 1.11 bits per heavy atom. The molecule has 1 heterocycles. The second-order valence-corrected chi connectivity index (χ2v) is 9.54. The number of rotatable bonds is 11. The molecule has 1 aliphatic rings. The quantitative estimate of drug-likeness (QED) is 0.144. The molecule has 0 saturated carbocycles. The van der Waals surface area contributed by atoms with Crippen molar-refractivity contribution in [1.29, 1.82) is 0 Å². The molecule has 4 N–H and O–H groups in total. The molecule has 37 heavy (non-hydrogen) atoms. The Bertz CT molecular complexity index is 1170. The van der Waals surface area contributed by atoms with Crippen molar-refractivity contribution in [2.24, 2.45) is 5.10 Å². The Morgan fingerprint density at radius 3 is 2.32 bits per heavy atom. The van der Waals surface area contributed by atoms with Crippen molar-refractivity contribution in [3.63, 3.8) is 0 Å². The maximum atomic E-state index is 12.5. The Morgan fingerprint density at radius 2 is 1.76 bits per heavy atom. The van der Waals surface area contributed by atoms with E-state index in [1.54, 1.807) is 24.3 Å². The topological polar surface area (TPSA) is 158 Å². The molecule has 3 rings (SSSR count). The number of amides is 3. The largest absolute Gasteiger partial charge is 0.508 e. The number of nitrogens with one attached hydrogen (secondary N) is 2. The third kappa shape index (κ3) is 7.77. The van der Waals surface area contributed by atoms with Crippen LogP contribution in [0, 0.1) is 0 Å². The highest BCUT2D eigenvalue weighted by Gasteiger charge is 2.44. The minimum absolute atomic E-state index is 0.0183. The van der Waals surface area contributed by atoms with Gasteiger partial charge < -0.3 is 29.6 Å². The highest BCUT2D eigenvalue weighted by molar-refractivity contribution is 5.95. The fourth-order valence-corrected chi connectivity index (χ4v) is 3.58. The number of aromatic hydroxyl groups is 1. The summed E-state index contributed by atoms with van der Waals surface area (Å²) in [6, 6.07) is 10.2. The first kappa shape index (κ1) is 27.1. The van der Waals surface area contributed by atoms with E-state index in [2.05, 4.69) is 15.8 Å². The smallest absolute Gasteiger partial charge is 0.331 e. The number of phenolic OH excluding ortho intramolecular Hbond substituents is 1. The fraction of sp³-hybridized carbons (Fsp3) is 0.320. The molecule has 196 valence electrons. The molecule has 1 saturated heterocycles. The lowest BCUT2D eigenvalue weighted by atomic mass is 9.98. The molecular formula is C25H30N5O7+. The summed E-state index contributed by atoms with van der Waals surface area (Å²) in [4.78, 5) is 49.4. The zero-order chi connectivity index (χ0) is 27.2. The molecule has 2 unspecified atom stereocenters. The van der Waals surface area contributed by atoms with Crippen molar-refractivity contribution < 1.29 is 38.6 Å². The van der Waals surface area contributed by atoms with Crippen LogP contribution < -0.4 is 15.5 Å². The van der Waals surface area contributed by atoms with Gasteiger partial charge in [-0.05, 0) is 47.5 Å². The number of phenols is 1. The van der Waals surface area contributed by atoms with Crippen molar-refractivity contribution in [2.45, 2.75) is 12.1 Å². The lowest BCUT2D eigenvalue weighted by Crippen LogP contribution is -2.65. The van der Waals surface area contributed by atoms with E-state index in [1.807, 2.05) is 21.1 Å². The SMILES string of the molecule is C[N+](C)(C)CC(=O)N/N=C\c1ccc(OCC(=O)NC2CN(C(C(=O)O)c3ccc(O)cc3)C2=O)cc1. The number of carbonyl (C=O) groups excluding carboxylic acids is 3. The lowest BCUT2D eigenvalue weighted by Gasteiger charge is -2.42. The van der Waals surface area contributed by atoms with Gasteiger partial charge in [-0.25, -0.2) is 10.2 Å². The van der Waals surface area contributed by atoms with Gasteiger partial charge in [0.1, 0.15) is 17.5 Å². The zero-order valence-electron chi connectivity index (χ0n) is 20.7. The van der Waals surface area contributed by atoms with Gasteiger partial charge in [0.15, 0.2) is 19.2 Å². The number of likely N-dealkylation sites (tertiary alicyclic amines) is 1. The summed E-state index contributed by atoms with van der Waals surface area (Å²) < 4.78 is 5.93. The summed E-state index contributed by atoms with van der Waals surface area (Å²) in [6.45, 7) is -0.0182. The molecule has 0 aromatic heterocycles. The number of carboxylic acid groups (broad SMARTS) is 1. The van der Waals surface area contributed by atoms with Gasteiger partial charge in [-0.15, -0.1) is 0 Å². The summed E-state index contributed by atoms with van der Waals surface area (Å²) in [5.41, 5.74) is 3.51. The summed E-state index contributed by atoms with van der Waals surface area (Å²) >= 11 is 0. The minimum Gasteiger partial charge on any atom is -0.508 e. The predicted octanol–water partition coefficient (Wildman–Crippen LogP) is 0.0802. The maximum absolute atomic E-state index is 12.5. The van der Waals surface area contributed by atoms with Crippen LogP contribution in [-0.2, 0) is 19.2 Å². The van der Waals surface area contributed by atoms with E-state index in [1.165, 1.54) is 30.5 Å². The lowest BCUT2D eigenvalue weighted by molar-refractivity contribution is -0.862. The first-order valence-electron chi connectivity index (χ1n) is 11.4. The number of benzene rings is 2. The van der Waals surface area contributed by atoms with Gasteiger partial charge in [0.2, 0.25) is 5.91 Å². The summed E-state index contributed by atoms with van der Waals surface area (Å²) in [5.74, 6) is -2.07.